The van der Waals surface area contributed by atoms with Gasteiger partial charge in [-0.2, -0.15) is 13.1 Å². The normalized spacial score (nSPS) is 14.7. The minimum Gasteiger partial charge on any atom is -0.270 e. The van der Waals surface area contributed by atoms with E-state index in [0.29, 0.717) is 6.67 Å². The van der Waals surface area contributed by atoms with E-state index < -0.39 is 15.7 Å². The number of nitrogens with two attached hydrogens (primary N) is 1. The summed E-state index contributed by atoms with van der Waals surface area (Å²) in [6.45, 7) is 4.02. The lowest BCUT2D eigenvalue weighted by atomic mass is 9.94. The van der Waals surface area contributed by atoms with Crippen molar-refractivity contribution in [1.29, 1.82) is 0 Å². The SMILES string of the molecule is CC(C)(NS(N)(=O)=O)c1ccc(-c2ncnc3c2ccn3N2C=CC=NC2)cc1. The van der Waals surface area contributed by atoms with Crippen molar-refractivity contribution in [3.63, 3.8) is 0 Å². The predicted molar refractivity (Wildman–Crippen MR) is 113 cm³/mol. The predicted octanol–water partition coefficient (Wildman–Crippen LogP) is 1.62. The van der Waals surface area contributed by atoms with Crippen LogP contribution in [0.4, 0.5) is 0 Å². The minimum absolute atomic E-state index is 0.514. The third-order valence-corrected chi connectivity index (χ3v) is 5.49. The molecule has 0 aliphatic carbocycles. The van der Waals surface area contributed by atoms with Gasteiger partial charge in [0.2, 0.25) is 0 Å². The monoisotopic (exact) mass is 411 g/mol. The summed E-state index contributed by atoms with van der Waals surface area (Å²) in [6.07, 6.45) is 9.03. The Bertz CT molecular complexity index is 1210. The third-order valence-electron chi connectivity index (χ3n) is 4.69. The minimum atomic E-state index is -3.82. The molecular weight excluding hydrogens is 390 g/mol. The lowest BCUT2D eigenvalue weighted by Gasteiger charge is -2.25. The van der Waals surface area contributed by atoms with Crippen molar-refractivity contribution in [1.82, 2.24) is 19.4 Å². The molecule has 3 N–H and O–H groups in total. The first-order valence-corrected chi connectivity index (χ1v) is 10.5. The van der Waals surface area contributed by atoms with Crippen LogP contribution in [0.5, 0.6) is 0 Å². The standard InChI is InChI=1S/C19H21N7O2S/c1-19(2,24-29(20,27)28)15-6-4-14(5-7-15)17-16-8-11-26(18(16)23-12-22-17)25-10-3-9-21-13-25/h3-12,24H,13H2,1-2H3,(H2,20,27,28). The Labute approximate surface area is 168 Å². The Morgan fingerprint density at radius 2 is 1.90 bits per heavy atom. The summed E-state index contributed by atoms with van der Waals surface area (Å²) >= 11 is 0. The number of fused-ring (bicyclic) bond motifs is 1. The highest BCUT2D eigenvalue weighted by Gasteiger charge is 2.25. The van der Waals surface area contributed by atoms with Gasteiger partial charge in [0.15, 0.2) is 5.65 Å². The molecule has 0 spiro atoms. The van der Waals surface area contributed by atoms with Gasteiger partial charge in [-0.15, -0.1) is 0 Å². The summed E-state index contributed by atoms with van der Waals surface area (Å²) < 4.78 is 27.2. The first-order chi connectivity index (χ1) is 13.7. The number of aromatic nitrogens is 3. The van der Waals surface area contributed by atoms with Crippen LogP contribution in [-0.4, -0.2) is 35.9 Å². The molecule has 29 heavy (non-hydrogen) atoms. The van der Waals surface area contributed by atoms with Gasteiger partial charge >= 0.3 is 0 Å². The van der Waals surface area contributed by atoms with E-state index in [1.54, 1.807) is 20.1 Å². The van der Waals surface area contributed by atoms with Crippen molar-refractivity contribution < 1.29 is 8.42 Å². The number of hydrogen-bond acceptors (Lipinski definition) is 6. The van der Waals surface area contributed by atoms with E-state index in [1.165, 1.54) is 6.33 Å². The van der Waals surface area contributed by atoms with E-state index in [1.807, 2.05) is 58.5 Å². The number of nitrogens with zero attached hydrogens (tertiary/aromatic N) is 5. The fourth-order valence-corrected chi connectivity index (χ4v) is 4.18. The second kappa shape index (κ2) is 7.07. The van der Waals surface area contributed by atoms with Gasteiger partial charge in [-0.05, 0) is 31.6 Å². The number of benzene rings is 1. The largest absolute Gasteiger partial charge is 0.275 e. The van der Waals surface area contributed by atoms with Crippen LogP contribution in [0.3, 0.4) is 0 Å². The van der Waals surface area contributed by atoms with Crippen LogP contribution in [-0.2, 0) is 15.7 Å². The van der Waals surface area contributed by atoms with Gasteiger partial charge in [-0.1, -0.05) is 24.3 Å². The fraction of sp³-hybridized carbons (Fsp3) is 0.211. The van der Waals surface area contributed by atoms with E-state index >= 15 is 0 Å². The maximum absolute atomic E-state index is 11.4. The summed E-state index contributed by atoms with van der Waals surface area (Å²) in [5.41, 5.74) is 2.42. The molecular formula is C19H21N7O2S. The maximum atomic E-state index is 11.4. The fourth-order valence-electron chi connectivity index (χ4n) is 3.35. The smallest absolute Gasteiger partial charge is 0.270 e. The molecule has 0 saturated carbocycles. The molecule has 1 aliphatic heterocycles. The van der Waals surface area contributed by atoms with Gasteiger partial charge in [0.05, 0.1) is 11.2 Å². The summed E-state index contributed by atoms with van der Waals surface area (Å²) in [7, 11) is -3.82. The highest BCUT2D eigenvalue weighted by Crippen LogP contribution is 2.29. The van der Waals surface area contributed by atoms with Gasteiger partial charge in [0.25, 0.3) is 10.2 Å². The second-order valence-corrected chi connectivity index (χ2v) is 8.52. The molecule has 10 heteroatoms. The maximum Gasteiger partial charge on any atom is 0.275 e. The summed E-state index contributed by atoms with van der Waals surface area (Å²) in [4.78, 5) is 13.2. The van der Waals surface area contributed by atoms with Crippen LogP contribution in [0.15, 0.2) is 60.1 Å². The van der Waals surface area contributed by atoms with Crippen LogP contribution in [0.1, 0.15) is 19.4 Å². The summed E-state index contributed by atoms with van der Waals surface area (Å²) in [5, 5.41) is 7.99. The molecule has 3 aromatic rings. The Hall–Kier alpha value is -3.08. The van der Waals surface area contributed by atoms with Crippen LogP contribution in [0, 0.1) is 0 Å². The number of aliphatic imine (C=N–C) groups is 1. The van der Waals surface area contributed by atoms with Crippen molar-refractivity contribution in [2.45, 2.75) is 19.4 Å². The first kappa shape index (κ1) is 19.2. The zero-order chi connectivity index (χ0) is 20.6. The molecule has 0 unspecified atom stereocenters. The van der Waals surface area contributed by atoms with Crippen LogP contribution >= 0.6 is 0 Å². The first-order valence-electron chi connectivity index (χ1n) is 8.93. The molecule has 4 rings (SSSR count). The average molecular weight is 411 g/mol. The zero-order valence-corrected chi connectivity index (χ0v) is 16.8. The van der Waals surface area contributed by atoms with E-state index in [-0.39, 0.29) is 0 Å². The molecule has 1 aromatic carbocycles. The zero-order valence-electron chi connectivity index (χ0n) is 16.0. The van der Waals surface area contributed by atoms with Crippen LogP contribution < -0.4 is 14.9 Å². The van der Waals surface area contributed by atoms with Crippen molar-refractivity contribution in [3.05, 3.63) is 60.7 Å². The number of rotatable bonds is 5. The molecule has 3 heterocycles. The molecule has 0 saturated heterocycles. The van der Waals surface area contributed by atoms with Gasteiger partial charge in [0.1, 0.15) is 13.0 Å². The molecule has 0 bridgehead atoms. The Morgan fingerprint density at radius 3 is 2.55 bits per heavy atom. The highest BCUT2D eigenvalue weighted by atomic mass is 32.2. The van der Waals surface area contributed by atoms with Crippen LogP contribution in [0.25, 0.3) is 22.3 Å². The number of hydrogen-bond donors (Lipinski definition) is 2. The van der Waals surface area contributed by atoms with Gasteiger partial charge in [0, 0.05) is 29.6 Å². The Morgan fingerprint density at radius 1 is 1.14 bits per heavy atom. The quantitative estimate of drug-likeness (QED) is 0.661. The number of allylic oxidation sites excluding steroid dienone is 1. The lowest BCUT2D eigenvalue weighted by Crippen LogP contribution is -2.44. The molecule has 0 radical (unpaired) electrons. The van der Waals surface area contributed by atoms with Crippen molar-refractivity contribution in [2.24, 2.45) is 10.1 Å². The lowest BCUT2D eigenvalue weighted by molar-refractivity contribution is 0.473. The molecule has 150 valence electrons. The van der Waals surface area contributed by atoms with E-state index in [4.69, 9.17) is 5.14 Å². The van der Waals surface area contributed by atoms with Crippen LogP contribution in [0.2, 0.25) is 0 Å². The number of nitrogens with one attached hydrogen (secondary N) is 1. The molecule has 0 fully saturated rings. The molecule has 9 nitrogen and oxygen atoms in total. The third kappa shape index (κ3) is 3.90. The summed E-state index contributed by atoms with van der Waals surface area (Å²) in [5.74, 6) is 0. The van der Waals surface area contributed by atoms with Crippen molar-refractivity contribution in [2.75, 3.05) is 11.7 Å². The average Bonchev–Trinajstić information content (AvgIpc) is 3.11. The molecule has 0 amide bonds. The Kier molecular flexibility index (Phi) is 4.69. The molecule has 0 atom stereocenters. The van der Waals surface area contributed by atoms with Crippen molar-refractivity contribution >= 4 is 27.5 Å². The highest BCUT2D eigenvalue weighted by molar-refractivity contribution is 7.87. The van der Waals surface area contributed by atoms with Gasteiger partial charge < -0.3 is 0 Å². The van der Waals surface area contributed by atoms with Gasteiger partial charge in [-0.3, -0.25) is 10.0 Å². The second-order valence-electron chi connectivity index (χ2n) is 7.22. The van der Waals surface area contributed by atoms with E-state index in [0.717, 1.165) is 27.9 Å². The van der Waals surface area contributed by atoms with Gasteiger partial charge in [-0.25, -0.2) is 19.8 Å². The molecule has 1 aliphatic rings. The van der Waals surface area contributed by atoms with Crippen molar-refractivity contribution in [3.8, 4) is 11.3 Å². The Balaban J connectivity index is 1.69. The van der Waals surface area contributed by atoms with E-state index in [2.05, 4.69) is 19.7 Å². The molecule has 2 aromatic heterocycles. The topological polar surface area (TPSA) is 118 Å². The van der Waals surface area contributed by atoms with E-state index in [9.17, 15) is 8.42 Å². The summed E-state index contributed by atoms with van der Waals surface area (Å²) in [6, 6.07) is 9.51.